The van der Waals surface area contributed by atoms with Crippen molar-refractivity contribution in [2.75, 3.05) is 14.1 Å². The number of carbonyl (C=O) groups is 3. The normalized spacial score (nSPS) is 22.9. The molecular formula is C32H43N3O4. The van der Waals surface area contributed by atoms with Gasteiger partial charge in [0.25, 0.3) is 0 Å². The predicted octanol–water partition coefficient (Wildman–Crippen LogP) is 4.52. The molecule has 210 valence electrons. The van der Waals surface area contributed by atoms with Crippen molar-refractivity contribution in [1.29, 1.82) is 0 Å². The van der Waals surface area contributed by atoms with Gasteiger partial charge in [-0.3, -0.25) is 14.5 Å². The maximum atomic E-state index is 11.8. The van der Waals surface area contributed by atoms with Gasteiger partial charge in [0, 0.05) is 43.7 Å². The highest BCUT2D eigenvalue weighted by Gasteiger charge is 2.38. The molecule has 5 atom stereocenters. The third-order valence-corrected chi connectivity index (χ3v) is 8.74. The molecule has 0 aromatic heterocycles. The second-order valence-electron chi connectivity index (χ2n) is 11.5. The Kier molecular flexibility index (Phi) is 10.3. The molecule has 2 aromatic rings. The van der Waals surface area contributed by atoms with Gasteiger partial charge in [0.1, 0.15) is 18.6 Å². The second kappa shape index (κ2) is 13.9. The van der Waals surface area contributed by atoms with E-state index in [4.69, 9.17) is 4.74 Å². The maximum absolute atomic E-state index is 11.8. The lowest BCUT2D eigenvalue weighted by molar-refractivity contribution is -0.121. The number of benzene rings is 2. The number of fused-ring (bicyclic) bond motifs is 2. The SMILES string of the molecule is CNC(=O)CCC(C=O)N(C)Cc1c(C=O)cccc1OCc1ccc(CNC2CC3CC(C)C(C3)C2)cc1. The van der Waals surface area contributed by atoms with Crippen LogP contribution >= 0.6 is 0 Å². The van der Waals surface area contributed by atoms with Crippen molar-refractivity contribution in [3.05, 3.63) is 64.7 Å². The lowest BCUT2D eigenvalue weighted by Crippen LogP contribution is -2.34. The molecule has 39 heavy (non-hydrogen) atoms. The van der Waals surface area contributed by atoms with Gasteiger partial charge < -0.3 is 20.2 Å². The average Bonchev–Trinajstić information content (AvgIpc) is 3.22. The Balaban J connectivity index is 1.32. The summed E-state index contributed by atoms with van der Waals surface area (Å²) in [5.41, 5.74) is 3.59. The molecule has 7 heteroatoms. The summed E-state index contributed by atoms with van der Waals surface area (Å²) in [5, 5.41) is 6.37. The van der Waals surface area contributed by atoms with Gasteiger partial charge in [-0.2, -0.15) is 0 Å². The largest absolute Gasteiger partial charge is 0.489 e. The average molecular weight is 534 g/mol. The van der Waals surface area contributed by atoms with E-state index in [0.717, 1.165) is 48.0 Å². The highest BCUT2D eigenvalue weighted by molar-refractivity contribution is 5.79. The third-order valence-electron chi connectivity index (χ3n) is 8.74. The Morgan fingerprint density at radius 2 is 1.85 bits per heavy atom. The van der Waals surface area contributed by atoms with Gasteiger partial charge in [-0.05, 0) is 74.1 Å². The molecule has 2 aliphatic carbocycles. The first-order valence-corrected chi connectivity index (χ1v) is 14.3. The molecular weight excluding hydrogens is 490 g/mol. The number of ether oxygens (including phenoxy) is 1. The summed E-state index contributed by atoms with van der Waals surface area (Å²) in [6.45, 7) is 4.04. The van der Waals surface area contributed by atoms with Crippen LogP contribution in [0.4, 0.5) is 0 Å². The van der Waals surface area contributed by atoms with Crippen molar-refractivity contribution in [3.63, 3.8) is 0 Å². The molecule has 0 saturated heterocycles. The molecule has 2 aromatic carbocycles. The molecule has 0 aliphatic heterocycles. The predicted molar refractivity (Wildman–Crippen MR) is 152 cm³/mol. The number of aldehydes is 2. The number of likely N-dealkylation sites (N-methyl/N-ethyl adjacent to an activating group) is 1. The molecule has 2 N–H and O–H groups in total. The van der Waals surface area contributed by atoms with Crippen LogP contribution in [0.5, 0.6) is 5.75 Å². The van der Waals surface area contributed by atoms with E-state index in [1.165, 1.54) is 31.2 Å². The Morgan fingerprint density at radius 1 is 1.08 bits per heavy atom. The number of hydrogen-bond donors (Lipinski definition) is 2. The van der Waals surface area contributed by atoms with Crippen LogP contribution in [0.2, 0.25) is 0 Å². The van der Waals surface area contributed by atoms with Gasteiger partial charge in [-0.25, -0.2) is 0 Å². The lowest BCUT2D eigenvalue weighted by Gasteiger charge is -2.29. The fraction of sp³-hybridized carbons (Fsp3) is 0.531. The maximum Gasteiger partial charge on any atom is 0.219 e. The molecule has 7 nitrogen and oxygen atoms in total. The number of amides is 1. The molecule has 2 bridgehead atoms. The molecule has 4 rings (SSSR count). The van der Waals surface area contributed by atoms with E-state index in [9.17, 15) is 14.4 Å². The minimum absolute atomic E-state index is 0.107. The standard InChI is InChI=1S/C32H43N3O4/c1-22-13-25-14-27(22)16-28(15-25)34-17-23-7-9-24(10-8-23)21-39-31-6-4-5-26(19-36)30(31)18-35(3)29(20-37)11-12-32(38)33-2/h4-10,19-20,22,25,27-29,34H,11-18,21H2,1-3H3,(H,33,38). The monoisotopic (exact) mass is 533 g/mol. The number of nitrogens with one attached hydrogen (secondary N) is 2. The summed E-state index contributed by atoms with van der Waals surface area (Å²) in [6.07, 6.45) is 7.78. The van der Waals surface area contributed by atoms with Crippen LogP contribution in [0.1, 0.15) is 72.5 Å². The van der Waals surface area contributed by atoms with Gasteiger partial charge in [0.05, 0.1) is 6.04 Å². The number of hydrogen-bond acceptors (Lipinski definition) is 6. The summed E-state index contributed by atoms with van der Waals surface area (Å²) < 4.78 is 6.18. The topological polar surface area (TPSA) is 87.7 Å². The zero-order valence-electron chi connectivity index (χ0n) is 23.5. The number of nitrogens with zero attached hydrogens (tertiary/aromatic N) is 1. The molecule has 0 heterocycles. The van der Waals surface area contributed by atoms with Crippen molar-refractivity contribution in [1.82, 2.24) is 15.5 Å². The minimum atomic E-state index is -0.441. The third kappa shape index (κ3) is 7.76. The van der Waals surface area contributed by atoms with Crippen LogP contribution in [0.15, 0.2) is 42.5 Å². The molecule has 0 spiro atoms. The van der Waals surface area contributed by atoms with Gasteiger partial charge in [0.15, 0.2) is 6.29 Å². The van der Waals surface area contributed by atoms with Crippen LogP contribution in [-0.2, 0) is 29.3 Å². The minimum Gasteiger partial charge on any atom is -0.489 e. The second-order valence-corrected chi connectivity index (χ2v) is 11.5. The highest BCUT2D eigenvalue weighted by atomic mass is 16.5. The Labute approximate surface area is 232 Å². The summed E-state index contributed by atoms with van der Waals surface area (Å²) >= 11 is 0. The summed E-state index contributed by atoms with van der Waals surface area (Å²) in [5.74, 6) is 3.20. The Morgan fingerprint density at radius 3 is 2.54 bits per heavy atom. The van der Waals surface area contributed by atoms with E-state index in [1.807, 2.05) is 18.0 Å². The van der Waals surface area contributed by atoms with E-state index < -0.39 is 6.04 Å². The van der Waals surface area contributed by atoms with Crippen molar-refractivity contribution in [2.45, 2.75) is 77.2 Å². The van der Waals surface area contributed by atoms with Gasteiger partial charge in [0.2, 0.25) is 5.91 Å². The van der Waals surface area contributed by atoms with Crippen LogP contribution in [-0.4, -0.2) is 49.6 Å². The first kappa shape index (κ1) is 29.0. The molecule has 2 saturated carbocycles. The van der Waals surface area contributed by atoms with E-state index in [0.29, 0.717) is 36.9 Å². The first-order valence-electron chi connectivity index (χ1n) is 14.3. The van der Waals surface area contributed by atoms with Gasteiger partial charge >= 0.3 is 0 Å². The molecule has 2 fully saturated rings. The lowest BCUT2D eigenvalue weighted by atomic mass is 9.84. The van der Waals surface area contributed by atoms with Crippen LogP contribution < -0.4 is 15.4 Å². The number of carbonyl (C=O) groups excluding carboxylic acids is 3. The quantitative estimate of drug-likeness (QED) is 0.347. The highest BCUT2D eigenvalue weighted by Crippen LogP contribution is 2.45. The van der Waals surface area contributed by atoms with E-state index >= 15 is 0 Å². The smallest absolute Gasteiger partial charge is 0.219 e. The Hall–Kier alpha value is -3.03. The molecule has 5 unspecified atom stereocenters. The zero-order valence-corrected chi connectivity index (χ0v) is 23.5. The summed E-state index contributed by atoms with van der Waals surface area (Å²) in [6, 6.07) is 14.1. The van der Waals surface area contributed by atoms with Crippen molar-refractivity contribution < 1.29 is 19.1 Å². The Bertz CT molecular complexity index is 1120. The van der Waals surface area contributed by atoms with Crippen molar-refractivity contribution in [2.24, 2.45) is 17.8 Å². The van der Waals surface area contributed by atoms with E-state index in [-0.39, 0.29) is 12.3 Å². The van der Waals surface area contributed by atoms with E-state index in [1.54, 1.807) is 19.2 Å². The molecule has 2 aliphatic rings. The summed E-state index contributed by atoms with van der Waals surface area (Å²) in [4.78, 5) is 37.0. The molecule has 1 amide bonds. The van der Waals surface area contributed by atoms with Crippen LogP contribution in [0, 0.1) is 17.8 Å². The molecule has 0 radical (unpaired) electrons. The van der Waals surface area contributed by atoms with E-state index in [2.05, 4.69) is 41.8 Å². The summed E-state index contributed by atoms with van der Waals surface area (Å²) in [7, 11) is 3.40. The van der Waals surface area contributed by atoms with Crippen molar-refractivity contribution >= 4 is 18.5 Å². The van der Waals surface area contributed by atoms with Gasteiger partial charge in [-0.15, -0.1) is 0 Å². The zero-order chi connectivity index (χ0) is 27.8. The van der Waals surface area contributed by atoms with Gasteiger partial charge in [-0.1, -0.05) is 43.3 Å². The van der Waals surface area contributed by atoms with Crippen molar-refractivity contribution in [3.8, 4) is 5.75 Å². The fourth-order valence-electron chi connectivity index (χ4n) is 6.36. The number of rotatable bonds is 14. The van der Waals surface area contributed by atoms with Crippen LogP contribution in [0.3, 0.4) is 0 Å². The first-order chi connectivity index (χ1) is 18.9. The fourth-order valence-corrected chi connectivity index (χ4v) is 6.36. The van der Waals surface area contributed by atoms with Crippen LogP contribution in [0.25, 0.3) is 0 Å².